The smallest absolute Gasteiger partial charge is 0.307 e. The lowest BCUT2D eigenvalue weighted by molar-refractivity contribution is -0.136. The Morgan fingerprint density at radius 2 is 1.95 bits per heavy atom. The third-order valence-electron chi connectivity index (χ3n) is 4.04. The fourth-order valence-corrected chi connectivity index (χ4v) is 2.92. The summed E-state index contributed by atoms with van der Waals surface area (Å²) in [4.78, 5) is 13.2. The van der Waals surface area contributed by atoms with E-state index in [0.717, 1.165) is 37.1 Å². The number of aliphatic carboxylic acids is 1. The molecule has 0 amide bonds. The van der Waals surface area contributed by atoms with E-state index in [4.69, 9.17) is 5.11 Å². The summed E-state index contributed by atoms with van der Waals surface area (Å²) in [6.45, 7) is 1.89. The van der Waals surface area contributed by atoms with Gasteiger partial charge in [0.05, 0.1) is 13.0 Å². The minimum Gasteiger partial charge on any atom is -0.481 e. The van der Waals surface area contributed by atoms with Gasteiger partial charge in [-0.2, -0.15) is 0 Å². The summed E-state index contributed by atoms with van der Waals surface area (Å²) in [7, 11) is 0. The van der Waals surface area contributed by atoms with Crippen molar-refractivity contribution < 1.29 is 15.0 Å². The van der Waals surface area contributed by atoms with Crippen LogP contribution >= 0.6 is 0 Å². The molecular weight excluding hydrogens is 254 g/mol. The first-order valence-corrected chi connectivity index (χ1v) is 7.34. The molecule has 4 nitrogen and oxygen atoms in total. The Kier molecular flexibility index (Phi) is 5.56. The third-order valence-corrected chi connectivity index (χ3v) is 4.04. The Hall–Kier alpha value is -1.39. The monoisotopic (exact) mass is 277 g/mol. The predicted molar refractivity (Wildman–Crippen MR) is 77.5 cm³/mol. The van der Waals surface area contributed by atoms with E-state index in [1.807, 2.05) is 24.3 Å². The number of hydrogen-bond donors (Lipinski definition) is 2. The van der Waals surface area contributed by atoms with Crippen LogP contribution in [0.5, 0.6) is 0 Å². The van der Waals surface area contributed by atoms with Crippen LogP contribution in [0.1, 0.15) is 36.8 Å². The number of carbonyl (C=O) groups is 1. The normalized spacial score (nSPS) is 20.6. The molecule has 0 spiro atoms. The number of hydrogen-bond acceptors (Lipinski definition) is 3. The zero-order valence-corrected chi connectivity index (χ0v) is 11.8. The van der Waals surface area contributed by atoms with Gasteiger partial charge in [0.1, 0.15) is 0 Å². The quantitative estimate of drug-likeness (QED) is 0.865. The van der Waals surface area contributed by atoms with Crippen molar-refractivity contribution >= 4 is 5.97 Å². The lowest BCUT2D eigenvalue weighted by Crippen LogP contribution is -2.37. The molecule has 110 valence electrons. The van der Waals surface area contributed by atoms with Gasteiger partial charge in [-0.15, -0.1) is 0 Å². The fraction of sp³-hybridized carbons (Fsp3) is 0.562. The maximum absolute atomic E-state index is 10.9. The summed E-state index contributed by atoms with van der Waals surface area (Å²) in [5, 5.41) is 18.5. The molecule has 0 saturated carbocycles. The number of aliphatic hydroxyl groups excluding tert-OH is 1. The molecule has 4 heteroatoms. The van der Waals surface area contributed by atoms with Crippen LogP contribution in [0.3, 0.4) is 0 Å². The van der Waals surface area contributed by atoms with Crippen LogP contribution in [-0.4, -0.2) is 40.3 Å². The van der Waals surface area contributed by atoms with Gasteiger partial charge in [-0.25, -0.2) is 0 Å². The molecule has 1 unspecified atom stereocenters. The minimum atomic E-state index is -0.799. The molecule has 0 radical (unpaired) electrons. The highest BCUT2D eigenvalue weighted by Crippen LogP contribution is 2.21. The molecule has 0 bridgehead atoms. The summed E-state index contributed by atoms with van der Waals surface area (Å²) in [6.07, 6.45) is 4.62. The molecule has 1 saturated heterocycles. The Morgan fingerprint density at radius 1 is 1.20 bits per heavy atom. The van der Waals surface area contributed by atoms with Crippen molar-refractivity contribution in [1.82, 2.24) is 4.90 Å². The molecule has 1 fully saturated rings. The number of carboxylic acid groups (broad SMARTS) is 1. The molecule has 2 N–H and O–H groups in total. The highest BCUT2D eigenvalue weighted by Gasteiger charge is 2.21. The van der Waals surface area contributed by atoms with Crippen LogP contribution in [0.2, 0.25) is 0 Å². The van der Waals surface area contributed by atoms with Crippen molar-refractivity contribution in [3.63, 3.8) is 0 Å². The van der Waals surface area contributed by atoms with Crippen molar-refractivity contribution in [2.75, 3.05) is 13.2 Å². The van der Waals surface area contributed by atoms with E-state index in [2.05, 4.69) is 4.90 Å². The van der Waals surface area contributed by atoms with Crippen LogP contribution in [0, 0.1) is 0 Å². The Morgan fingerprint density at radius 3 is 2.65 bits per heavy atom. The maximum Gasteiger partial charge on any atom is 0.307 e. The van der Waals surface area contributed by atoms with Gasteiger partial charge in [-0.05, 0) is 30.5 Å². The number of nitrogens with zero attached hydrogens (tertiary/aromatic N) is 1. The molecule has 1 aromatic carbocycles. The second-order valence-electron chi connectivity index (χ2n) is 5.50. The first-order chi connectivity index (χ1) is 9.70. The lowest BCUT2D eigenvalue weighted by Gasteiger charge is -2.29. The minimum absolute atomic E-state index is 0.0633. The Bertz CT molecular complexity index is 447. The first-order valence-electron chi connectivity index (χ1n) is 7.34. The van der Waals surface area contributed by atoms with Crippen LogP contribution in [0.4, 0.5) is 0 Å². The lowest BCUT2D eigenvalue weighted by atomic mass is 10.0. The fourth-order valence-electron chi connectivity index (χ4n) is 2.92. The maximum atomic E-state index is 10.9. The number of carboxylic acids is 1. The average Bonchev–Trinajstić information content (AvgIpc) is 2.65. The topological polar surface area (TPSA) is 60.8 Å². The summed E-state index contributed by atoms with van der Waals surface area (Å²) < 4.78 is 0. The van der Waals surface area contributed by atoms with Gasteiger partial charge in [-0.1, -0.05) is 37.1 Å². The summed E-state index contributed by atoms with van der Waals surface area (Å²) in [6, 6.07) is 7.92. The van der Waals surface area contributed by atoms with E-state index in [0.29, 0.717) is 0 Å². The molecule has 20 heavy (non-hydrogen) atoms. The molecule has 0 aromatic heterocycles. The summed E-state index contributed by atoms with van der Waals surface area (Å²) in [5.74, 6) is -0.799. The predicted octanol–water partition coefficient (Wildman–Crippen LogP) is 2.05. The highest BCUT2D eigenvalue weighted by molar-refractivity contribution is 5.70. The van der Waals surface area contributed by atoms with Crippen LogP contribution in [0.25, 0.3) is 0 Å². The zero-order valence-electron chi connectivity index (χ0n) is 11.8. The van der Waals surface area contributed by atoms with E-state index in [-0.39, 0.29) is 19.1 Å². The van der Waals surface area contributed by atoms with Crippen molar-refractivity contribution in [3.05, 3.63) is 35.4 Å². The Balaban J connectivity index is 2.12. The van der Waals surface area contributed by atoms with Crippen molar-refractivity contribution in [3.8, 4) is 0 Å². The van der Waals surface area contributed by atoms with Crippen LogP contribution < -0.4 is 0 Å². The second kappa shape index (κ2) is 7.41. The van der Waals surface area contributed by atoms with Gasteiger partial charge in [-0.3, -0.25) is 9.69 Å². The zero-order chi connectivity index (χ0) is 14.4. The summed E-state index contributed by atoms with van der Waals surface area (Å²) >= 11 is 0. The van der Waals surface area contributed by atoms with E-state index in [1.54, 1.807) is 0 Å². The number of benzene rings is 1. The van der Waals surface area contributed by atoms with Gasteiger partial charge < -0.3 is 10.2 Å². The average molecular weight is 277 g/mol. The van der Waals surface area contributed by atoms with Gasteiger partial charge >= 0.3 is 5.97 Å². The van der Waals surface area contributed by atoms with E-state index in [9.17, 15) is 9.90 Å². The molecule has 1 heterocycles. The Labute approximate surface area is 120 Å². The van der Waals surface area contributed by atoms with E-state index in [1.165, 1.54) is 12.8 Å². The van der Waals surface area contributed by atoms with E-state index >= 15 is 0 Å². The highest BCUT2D eigenvalue weighted by atomic mass is 16.4. The molecule has 1 aliphatic heterocycles. The number of aliphatic hydroxyl groups is 1. The number of rotatable bonds is 5. The standard InChI is InChI=1S/C16H23NO3/c18-12-15-8-2-1-5-9-17(15)11-14-7-4-3-6-13(14)10-16(19)20/h3-4,6-7,15,18H,1-2,5,8-12H2,(H,19,20). The van der Waals surface area contributed by atoms with Crippen LogP contribution in [0.15, 0.2) is 24.3 Å². The van der Waals surface area contributed by atoms with Crippen molar-refractivity contribution in [2.24, 2.45) is 0 Å². The van der Waals surface area contributed by atoms with Crippen molar-refractivity contribution in [1.29, 1.82) is 0 Å². The first kappa shape index (κ1) is 15.0. The van der Waals surface area contributed by atoms with E-state index < -0.39 is 5.97 Å². The van der Waals surface area contributed by atoms with Gasteiger partial charge in [0, 0.05) is 12.6 Å². The molecule has 1 aromatic rings. The van der Waals surface area contributed by atoms with Crippen molar-refractivity contribution in [2.45, 2.75) is 44.7 Å². The third kappa shape index (κ3) is 4.05. The molecule has 1 aliphatic rings. The molecule has 0 aliphatic carbocycles. The van der Waals surface area contributed by atoms with Gasteiger partial charge in [0.25, 0.3) is 0 Å². The summed E-state index contributed by atoms with van der Waals surface area (Å²) in [5.41, 5.74) is 1.94. The van der Waals surface area contributed by atoms with Crippen LogP contribution in [-0.2, 0) is 17.8 Å². The van der Waals surface area contributed by atoms with Gasteiger partial charge in [0.15, 0.2) is 0 Å². The molecular formula is C16H23NO3. The second-order valence-corrected chi connectivity index (χ2v) is 5.50. The molecule has 1 atom stereocenters. The SMILES string of the molecule is O=C(O)Cc1ccccc1CN1CCCCCC1CO. The number of likely N-dealkylation sites (tertiary alicyclic amines) is 1. The molecule has 2 rings (SSSR count). The largest absolute Gasteiger partial charge is 0.481 e. The van der Waals surface area contributed by atoms with Gasteiger partial charge in [0.2, 0.25) is 0 Å².